The molecular formula is C21H20F3N3O3S2. The van der Waals surface area contributed by atoms with Crippen molar-refractivity contribution >= 4 is 42.4 Å². The number of fused-ring (bicyclic) bond motifs is 1. The summed E-state index contributed by atoms with van der Waals surface area (Å²) in [6.07, 6.45) is 0.257. The number of amides is 1. The summed E-state index contributed by atoms with van der Waals surface area (Å²) in [4.78, 5) is 20.4. The molecule has 4 rings (SSSR count). The van der Waals surface area contributed by atoms with Gasteiger partial charge in [0.15, 0.2) is 20.8 Å². The molecule has 2 aromatic carbocycles. The van der Waals surface area contributed by atoms with E-state index in [9.17, 15) is 26.4 Å². The first-order valence-corrected chi connectivity index (χ1v) is 12.5. The van der Waals surface area contributed by atoms with Crippen molar-refractivity contribution in [2.24, 2.45) is 0 Å². The first kappa shape index (κ1) is 22.5. The minimum absolute atomic E-state index is 0.0344. The maximum absolute atomic E-state index is 13.9. The van der Waals surface area contributed by atoms with Crippen LogP contribution in [0.15, 0.2) is 41.3 Å². The van der Waals surface area contributed by atoms with Gasteiger partial charge in [0.25, 0.3) is 0 Å². The molecule has 0 saturated carbocycles. The van der Waals surface area contributed by atoms with Crippen LogP contribution in [-0.4, -0.2) is 56.1 Å². The summed E-state index contributed by atoms with van der Waals surface area (Å²) in [6.45, 7) is 1.83. The number of benzene rings is 2. The molecule has 3 aromatic rings. The van der Waals surface area contributed by atoms with Crippen LogP contribution in [0, 0.1) is 17.5 Å². The van der Waals surface area contributed by atoms with E-state index in [0.29, 0.717) is 36.0 Å². The summed E-state index contributed by atoms with van der Waals surface area (Å²) >= 11 is 1.20. The topological polar surface area (TPSA) is 70.6 Å². The van der Waals surface area contributed by atoms with Gasteiger partial charge in [-0.3, -0.25) is 4.79 Å². The third kappa shape index (κ3) is 4.88. The normalized spacial score (nSPS) is 14.8. The van der Waals surface area contributed by atoms with Crippen LogP contribution in [0.1, 0.15) is 12.8 Å². The molecule has 0 spiro atoms. The molecule has 1 aliphatic heterocycles. The SMILES string of the molecule is O=C(CCCS(=O)(=O)c1ccc(F)cc1)N1CCN(c2nc3c(F)cc(F)cc3s2)CC1. The molecule has 1 fully saturated rings. The fourth-order valence-corrected chi connectivity index (χ4v) is 5.93. The average molecular weight is 484 g/mol. The Balaban J connectivity index is 1.29. The number of piperazine rings is 1. The zero-order valence-electron chi connectivity index (χ0n) is 16.9. The fourth-order valence-electron chi connectivity index (χ4n) is 3.56. The van der Waals surface area contributed by atoms with Crippen molar-refractivity contribution in [3.8, 4) is 0 Å². The Morgan fingerprint density at radius 2 is 1.69 bits per heavy atom. The van der Waals surface area contributed by atoms with Gasteiger partial charge in [0, 0.05) is 38.7 Å². The Labute approximate surface area is 187 Å². The summed E-state index contributed by atoms with van der Waals surface area (Å²) in [5.74, 6) is -2.20. The van der Waals surface area contributed by atoms with Crippen molar-refractivity contribution in [2.45, 2.75) is 17.7 Å². The van der Waals surface area contributed by atoms with E-state index in [2.05, 4.69) is 4.98 Å². The molecule has 1 saturated heterocycles. The van der Waals surface area contributed by atoms with Crippen LogP contribution in [0.2, 0.25) is 0 Å². The first-order chi connectivity index (χ1) is 15.2. The largest absolute Gasteiger partial charge is 0.345 e. The van der Waals surface area contributed by atoms with Crippen LogP contribution in [0.25, 0.3) is 10.2 Å². The quantitative estimate of drug-likeness (QED) is 0.501. The van der Waals surface area contributed by atoms with Crippen LogP contribution in [0.5, 0.6) is 0 Å². The molecule has 0 unspecified atom stereocenters. The third-order valence-corrected chi connectivity index (χ3v) is 8.16. The van der Waals surface area contributed by atoms with Crippen molar-refractivity contribution in [2.75, 3.05) is 36.8 Å². The predicted molar refractivity (Wildman–Crippen MR) is 116 cm³/mol. The zero-order chi connectivity index (χ0) is 22.9. The molecular weight excluding hydrogens is 463 g/mol. The standard InChI is InChI=1S/C21H20F3N3O3S2/c22-14-3-5-16(6-4-14)32(29,30)11-1-2-19(28)26-7-9-27(10-8-26)21-25-20-17(24)12-15(23)13-18(20)31-21/h3-6,12-13H,1-2,7-11H2. The smallest absolute Gasteiger partial charge is 0.222 e. The van der Waals surface area contributed by atoms with Gasteiger partial charge in [-0.2, -0.15) is 0 Å². The van der Waals surface area contributed by atoms with Crippen molar-refractivity contribution in [1.82, 2.24) is 9.88 Å². The van der Waals surface area contributed by atoms with E-state index in [4.69, 9.17) is 0 Å². The lowest BCUT2D eigenvalue weighted by molar-refractivity contribution is -0.131. The second-order valence-corrected chi connectivity index (χ2v) is 10.6. The van der Waals surface area contributed by atoms with E-state index in [-0.39, 0.29) is 34.9 Å². The van der Waals surface area contributed by atoms with E-state index >= 15 is 0 Å². The van der Waals surface area contributed by atoms with Crippen LogP contribution >= 0.6 is 11.3 Å². The number of rotatable bonds is 6. The predicted octanol–water partition coefficient (Wildman–Crippen LogP) is 3.62. The van der Waals surface area contributed by atoms with Gasteiger partial charge in [-0.1, -0.05) is 11.3 Å². The summed E-state index contributed by atoms with van der Waals surface area (Å²) in [7, 11) is -3.58. The van der Waals surface area contributed by atoms with Crippen molar-refractivity contribution in [1.29, 1.82) is 0 Å². The molecule has 1 aromatic heterocycles. The number of halogens is 3. The molecule has 0 bridgehead atoms. The van der Waals surface area contributed by atoms with Gasteiger partial charge in [0.1, 0.15) is 17.2 Å². The summed E-state index contributed by atoms with van der Waals surface area (Å²) in [5.41, 5.74) is 0.132. The number of carbonyl (C=O) groups is 1. The monoisotopic (exact) mass is 483 g/mol. The number of thiazole rings is 1. The van der Waals surface area contributed by atoms with Crippen LogP contribution < -0.4 is 4.90 Å². The van der Waals surface area contributed by atoms with Gasteiger partial charge in [0.2, 0.25) is 5.91 Å². The van der Waals surface area contributed by atoms with E-state index in [1.165, 1.54) is 29.5 Å². The first-order valence-electron chi connectivity index (χ1n) is 9.99. The van der Waals surface area contributed by atoms with E-state index in [1.807, 2.05) is 4.90 Å². The minimum atomic E-state index is -3.58. The number of anilines is 1. The third-order valence-electron chi connectivity index (χ3n) is 5.28. The van der Waals surface area contributed by atoms with Crippen LogP contribution in [0.3, 0.4) is 0 Å². The number of hydrogen-bond donors (Lipinski definition) is 0. The number of carbonyl (C=O) groups excluding carboxylic acids is 1. The number of aromatic nitrogens is 1. The Morgan fingerprint density at radius 1 is 1.00 bits per heavy atom. The van der Waals surface area contributed by atoms with Crippen molar-refractivity contribution in [3.05, 3.63) is 53.8 Å². The Hall–Kier alpha value is -2.66. The van der Waals surface area contributed by atoms with Crippen molar-refractivity contribution < 1.29 is 26.4 Å². The molecule has 1 aliphatic rings. The summed E-state index contributed by atoms with van der Waals surface area (Å²) in [5, 5.41) is 0.571. The van der Waals surface area contributed by atoms with E-state index < -0.39 is 27.3 Å². The minimum Gasteiger partial charge on any atom is -0.345 e. The van der Waals surface area contributed by atoms with Gasteiger partial charge in [0.05, 0.1) is 15.3 Å². The van der Waals surface area contributed by atoms with Crippen LogP contribution in [-0.2, 0) is 14.6 Å². The molecule has 2 heterocycles. The van der Waals surface area contributed by atoms with E-state index in [1.54, 1.807) is 4.90 Å². The highest BCUT2D eigenvalue weighted by molar-refractivity contribution is 7.91. The molecule has 170 valence electrons. The average Bonchev–Trinajstić information content (AvgIpc) is 3.18. The Morgan fingerprint density at radius 3 is 2.38 bits per heavy atom. The summed E-state index contributed by atoms with van der Waals surface area (Å²) < 4.78 is 65.3. The second-order valence-electron chi connectivity index (χ2n) is 7.47. The van der Waals surface area contributed by atoms with Crippen LogP contribution in [0.4, 0.5) is 18.3 Å². The van der Waals surface area contributed by atoms with Crippen molar-refractivity contribution in [3.63, 3.8) is 0 Å². The van der Waals surface area contributed by atoms with Gasteiger partial charge in [-0.25, -0.2) is 26.6 Å². The number of sulfone groups is 1. The highest BCUT2D eigenvalue weighted by Crippen LogP contribution is 2.31. The maximum Gasteiger partial charge on any atom is 0.222 e. The molecule has 32 heavy (non-hydrogen) atoms. The molecule has 0 radical (unpaired) electrons. The van der Waals surface area contributed by atoms with Gasteiger partial charge in [-0.05, 0) is 36.8 Å². The molecule has 11 heteroatoms. The second kappa shape index (κ2) is 9.07. The lowest BCUT2D eigenvalue weighted by atomic mass is 10.2. The molecule has 6 nitrogen and oxygen atoms in total. The van der Waals surface area contributed by atoms with Gasteiger partial charge >= 0.3 is 0 Å². The lowest BCUT2D eigenvalue weighted by Crippen LogP contribution is -2.48. The molecule has 1 amide bonds. The number of nitrogens with zero attached hydrogens (tertiary/aromatic N) is 3. The molecule has 0 N–H and O–H groups in total. The maximum atomic E-state index is 13.9. The molecule has 0 aliphatic carbocycles. The van der Waals surface area contributed by atoms with Gasteiger partial charge in [-0.15, -0.1) is 0 Å². The zero-order valence-corrected chi connectivity index (χ0v) is 18.6. The fraction of sp³-hybridized carbons (Fsp3) is 0.333. The highest BCUT2D eigenvalue weighted by Gasteiger charge is 2.24. The lowest BCUT2D eigenvalue weighted by Gasteiger charge is -2.34. The summed E-state index contributed by atoms with van der Waals surface area (Å²) in [6, 6.07) is 6.67. The Kier molecular flexibility index (Phi) is 6.38. The highest BCUT2D eigenvalue weighted by atomic mass is 32.2. The Bertz CT molecular complexity index is 1240. The molecule has 0 atom stereocenters. The van der Waals surface area contributed by atoms with E-state index in [0.717, 1.165) is 18.2 Å². The van der Waals surface area contributed by atoms with Gasteiger partial charge < -0.3 is 9.80 Å². The number of hydrogen-bond acceptors (Lipinski definition) is 6.